The molecule has 2 N–H and O–H groups in total. The van der Waals surface area contributed by atoms with E-state index in [4.69, 9.17) is 5.11 Å². The van der Waals surface area contributed by atoms with Crippen LogP contribution in [0.5, 0.6) is 0 Å². The first-order valence-corrected chi connectivity index (χ1v) is 6.87. The SMILES string of the molecule is O=C(O)CP(=O)(O)c1cccc2ccccc12. The van der Waals surface area contributed by atoms with E-state index in [0.717, 1.165) is 5.39 Å². The molecule has 0 saturated heterocycles. The Hall–Kier alpha value is -1.64. The zero-order valence-electron chi connectivity index (χ0n) is 8.91. The van der Waals surface area contributed by atoms with Gasteiger partial charge >= 0.3 is 5.97 Å². The first-order chi connectivity index (χ1) is 8.00. The average Bonchev–Trinajstić information content (AvgIpc) is 2.26. The highest BCUT2D eigenvalue weighted by Gasteiger charge is 2.26. The maximum atomic E-state index is 12.0. The second kappa shape index (κ2) is 4.32. The lowest BCUT2D eigenvalue weighted by molar-refractivity contribution is -0.134. The Morgan fingerprint density at radius 2 is 1.76 bits per heavy atom. The van der Waals surface area contributed by atoms with Crippen LogP contribution in [0.1, 0.15) is 0 Å². The summed E-state index contributed by atoms with van der Waals surface area (Å²) in [5, 5.41) is 10.3. The maximum absolute atomic E-state index is 12.0. The van der Waals surface area contributed by atoms with Gasteiger partial charge in [-0.05, 0) is 16.8 Å². The van der Waals surface area contributed by atoms with E-state index < -0.39 is 19.5 Å². The summed E-state index contributed by atoms with van der Waals surface area (Å²) < 4.78 is 12.0. The van der Waals surface area contributed by atoms with Gasteiger partial charge in [0.25, 0.3) is 0 Å². The molecule has 0 radical (unpaired) electrons. The molecular weight excluding hydrogens is 239 g/mol. The van der Waals surface area contributed by atoms with Gasteiger partial charge in [-0.15, -0.1) is 0 Å². The van der Waals surface area contributed by atoms with Gasteiger partial charge in [-0.25, -0.2) is 0 Å². The van der Waals surface area contributed by atoms with Crippen LogP contribution in [0.15, 0.2) is 42.5 Å². The quantitative estimate of drug-likeness (QED) is 0.815. The smallest absolute Gasteiger partial charge is 0.313 e. The van der Waals surface area contributed by atoms with E-state index >= 15 is 0 Å². The van der Waals surface area contributed by atoms with Crippen LogP contribution >= 0.6 is 7.37 Å². The van der Waals surface area contributed by atoms with Gasteiger partial charge in [0, 0.05) is 5.30 Å². The van der Waals surface area contributed by atoms with E-state index in [0.29, 0.717) is 5.39 Å². The van der Waals surface area contributed by atoms with Crippen LogP contribution in [0.3, 0.4) is 0 Å². The normalized spacial score (nSPS) is 14.4. The molecule has 0 heterocycles. The number of carboxylic acid groups (broad SMARTS) is 1. The lowest BCUT2D eigenvalue weighted by atomic mass is 10.1. The van der Waals surface area contributed by atoms with Gasteiger partial charge in [0.05, 0.1) is 0 Å². The Bertz CT molecular complexity index is 615. The molecular formula is C12H11O4P. The monoisotopic (exact) mass is 250 g/mol. The highest BCUT2D eigenvalue weighted by molar-refractivity contribution is 7.67. The third-order valence-electron chi connectivity index (χ3n) is 2.49. The molecule has 2 rings (SSSR count). The van der Waals surface area contributed by atoms with Crippen molar-refractivity contribution in [3.05, 3.63) is 42.5 Å². The fourth-order valence-corrected chi connectivity index (χ4v) is 3.22. The molecule has 0 aliphatic rings. The van der Waals surface area contributed by atoms with Crippen molar-refractivity contribution < 1.29 is 19.4 Å². The van der Waals surface area contributed by atoms with Crippen molar-refractivity contribution in [2.75, 3.05) is 6.16 Å². The molecule has 2 aromatic rings. The van der Waals surface area contributed by atoms with Gasteiger partial charge in [0.2, 0.25) is 7.37 Å². The number of rotatable bonds is 3. The van der Waals surface area contributed by atoms with Crippen molar-refractivity contribution in [3.63, 3.8) is 0 Å². The third kappa shape index (κ3) is 2.38. The van der Waals surface area contributed by atoms with Crippen molar-refractivity contribution in [2.45, 2.75) is 0 Å². The summed E-state index contributed by atoms with van der Waals surface area (Å²) in [5.74, 6) is -1.27. The Balaban J connectivity index is 2.63. The fraction of sp³-hybridized carbons (Fsp3) is 0.0833. The van der Waals surface area contributed by atoms with Gasteiger partial charge in [-0.3, -0.25) is 9.36 Å². The molecule has 88 valence electrons. The Kier molecular flexibility index (Phi) is 3.01. The molecule has 2 aromatic carbocycles. The predicted octanol–water partition coefficient (Wildman–Crippen LogP) is 1.82. The van der Waals surface area contributed by atoms with Crippen LogP contribution < -0.4 is 5.30 Å². The molecule has 1 unspecified atom stereocenters. The summed E-state index contributed by atoms with van der Waals surface area (Å²) in [6.45, 7) is 0. The van der Waals surface area contributed by atoms with Gasteiger partial charge in [0.1, 0.15) is 6.16 Å². The van der Waals surface area contributed by atoms with Gasteiger partial charge in [-0.1, -0.05) is 36.4 Å². The molecule has 5 heteroatoms. The molecule has 0 aliphatic carbocycles. The molecule has 0 amide bonds. The topological polar surface area (TPSA) is 74.6 Å². The van der Waals surface area contributed by atoms with Crippen LogP contribution in [0.4, 0.5) is 0 Å². The number of benzene rings is 2. The first-order valence-electron chi connectivity index (χ1n) is 5.03. The van der Waals surface area contributed by atoms with Crippen LogP contribution in [-0.4, -0.2) is 22.1 Å². The van der Waals surface area contributed by atoms with E-state index in [-0.39, 0.29) is 5.30 Å². The summed E-state index contributed by atoms with van der Waals surface area (Å²) in [6.07, 6.45) is -0.749. The largest absolute Gasteiger partial charge is 0.481 e. The minimum Gasteiger partial charge on any atom is -0.481 e. The minimum absolute atomic E-state index is 0.206. The van der Waals surface area contributed by atoms with Crippen LogP contribution in [0.2, 0.25) is 0 Å². The molecule has 4 nitrogen and oxygen atoms in total. The molecule has 0 aromatic heterocycles. The van der Waals surface area contributed by atoms with Crippen molar-refractivity contribution in [1.29, 1.82) is 0 Å². The lowest BCUT2D eigenvalue weighted by Gasteiger charge is -2.12. The Labute approximate surface area is 98.0 Å². The molecule has 0 spiro atoms. The third-order valence-corrected chi connectivity index (χ3v) is 4.33. The minimum atomic E-state index is -3.85. The van der Waals surface area contributed by atoms with E-state index in [1.807, 2.05) is 18.2 Å². The number of fused-ring (bicyclic) bond motifs is 1. The van der Waals surface area contributed by atoms with Crippen molar-refractivity contribution in [3.8, 4) is 0 Å². The summed E-state index contributed by atoms with van der Waals surface area (Å²) in [7, 11) is -3.85. The highest BCUT2D eigenvalue weighted by Crippen LogP contribution is 2.41. The highest BCUT2D eigenvalue weighted by atomic mass is 31.2. The zero-order chi connectivity index (χ0) is 12.5. The van der Waals surface area contributed by atoms with Gasteiger partial charge in [0.15, 0.2) is 0 Å². The molecule has 17 heavy (non-hydrogen) atoms. The Morgan fingerprint density at radius 3 is 2.47 bits per heavy atom. The predicted molar refractivity (Wildman–Crippen MR) is 65.9 cm³/mol. The van der Waals surface area contributed by atoms with Crippen molar-refractivity contribution in [1.82, 2.24) is 0 Å². The standard InChI is InChI=1S/C12H11O4P/c13-12(14)8-17(15,16)11-7-3-5-9-4-1-2-6-10(9)11/h1-7H,8H2,(H,13,14)(H,15,16). The molecule has 1 atom stereocenters. The molecule has 0 saturated carbocycles. The summed E-state index contributed by atoms with van der Waals surface area (Å²) in [4.78, 5) is 20.4. The summed E-state index contributed by atoms with van der Waals surface area (Å²) in [5.41, 5.74) is 0. The van der Waals surface area contributed by atoms with Crippen LogP contribution in [-0.2, 0) is 9.36 Å². The molecule has 0 fully saturated rings. The lowest BCUT2D eigenvalue weighted by Crippen LogP contribution is -2.13. The summed E-state index contributed by atoms with van der Waals surface area (Å²) >= 11 is 0. The van der Waals surface area contributed by atoms with Crippen LogP contribution in [0.25, 0.3) is 10.8 Å². The fourth-order valence-electron chi connectivity index (χ4n) is 1.78. The second-order valence-corrected chi connectivity index (χ2v) is 5.95. The van der Waals surface area contributed by atoms with E-state index in [2.05, 4.69) is 0 Å². The molecule has 0 bridgehead atoms. The van der Waals surface area contributed by atoms with Gasteiger partial charge in [-0.2, -0.15) is 0 Å². The van der Waals surface area contributed by atoms with E-state index in [1.165, 1.54) is 6.07 Å². The zero-order valence-corrected chi connectivity index (χ0v) is 9.80. The Morgan fingerprint density at radius 1 is 1.12 bits per heavy atom. The van der Waals surface area contributed by atoms with Gasteiger partial charge < -0.3 is 10.00 Å². The number of carboxylic acids is 1. The van der Waals surface area contributed by atoms with Crippen molar-refractivity contribution in [2.24, 2.45) is 0 Å². The number of carbonyl (C=O) groups is 1. The first kappa shape index (κ1) is 11.8. The van der Waals surface area contributed by atoms with Crippen LogP contribution in [0, 0.1) is 0 Å². The molecule has 0 aliphatic heterocycles. The maximum Gasteiger partial charge on any atom is 0.313 e. The second-order valence-electron chi connectivity index (χ2n) is 3.75. The number of aliphatic carboxylic acids is 1. The summed E-state index contributed by atoms with van der Waals surface area (Å²) in [6, 6.07) is 12.1. The van der Waals surface area contributed by atoms with E-state index in [1.54, 1.807) is 18.2 Å². The average molecular weight is 250 g/mol. The van der Waals surface area contributed by atoms with E-state index in [9.17, 15) is 14.3 Å². The van der Waals surface area contributed by atoms with Crippen molar-refractivity contribution >= 4 is 29.4 Å². The number of hydrogen-bond donors (Lipinski definition) is 2. The number of hydrogen-bond acceptors (Lipinski definition) is 2.